The summed E-state index contributed by atoms with van der Waals surface area (Å²) in [4.78, 5) is 0. The molecule has 1 heterocycles. The van der Waals surface area contributed by atoms with Crippen LogP contribution >= 0.6 is 0 Å². The highest BCUT2D eigenvalue weighted by Crippen LogP contribution is 2.41. The van der Waals surface area contributed by atoms with E-state index in [4.69, 9.17) is 5.11 Å². The third-order valence-corrected chi connectivity index (χ3v) is 2.95. The minimum Gasteiger partial charge on any atom is -0.388 e. The number of nitrogens with zero attached hydrogens (tertiary/aromatic N) is 3. The van der Waals surface area contributed by atoms with Crippen LogP contribution in [0.25, 0.3) is 0 Å². The number of hydrogen-bond acceptors (Lipinski definition) is 3. The lowest BCUT2D eigenvalue weighted by Crippen LogP contribution is -2.31. The van der Waals surface area contributed by atoms with Crippen LogP contribution in [0.1, 0.15) is 32.0 Å². The van der Waals surface area contributed by atoms with E-state index in [1.807, 2.05) is 4.57 Å². The molecule has 1 fully saturated rings. The van der Waals surface area contributed by atoms with E-state index in [-0.39, 0.29) is 6.61 Å². The first-order chi connectivity index (χ1) is 6.23. The van der Waals surface area contributed by atoms with Crippen LogP contribution in [0.15, 0.2) is 6.33 Å². The van der Waals surface area contributed by atoms with Gasteiger partial charge in [0.1, 0.15) is 12.9 Å². The number of aliphatic hydroxyl groups is 1. The maximum atomic E-state index is 8.97. The van der Waals surface area contributed by atoms with Gasteiger partial charge in [-0.3, -0.25) is 0 Å². The van der Waals surface area contributed by atoms with Gasteiger partial charge in [-0.25, -0.2) is 0 Å². The van der Waals surface area contributed by atoms with Gasteiger partial charge in [-0.05, 0) is 18.3 Å². The van der Waals surface area contributed by atoms with Gasteiger partial charge >= 0.3 is 0 Å². The van der Waals surface area contributed by atoms with E-state index in [1.54, 1.807) is 6.33 Å². The van der Waals surface area contributed by atoms with Gasteiger partial charge in [0.15, 0.2) is 5.82 Å². The van der Waals surface area contributed by atoms with Crippen molar-refractivity contribution in [3.8, 4) is 0 Å². The molecule has 0 aromatic carbocycles. The van der Waals surface area contributed by atoms with Crippen molar-refractivity contribution in [1.82, 2.24) is 14.8 Å². The Morgan fingerprint density at radius 3 is 2.92 bits per heavy atom. The molecule has 0 saturated heterocycles. The molecule has 4 heteroatoms. The molecular weight excluding hydrogens is 166 g/mol. The third-order valence-electron chi connectivity index (χ3n) is 2.95. The van der Waals surface area contributed by atoms with Crippen molar-refractivity contribution in [3.05, 3.63) is 12.2 Å². The second-order valence-corrected chi connectivity index (χ2v) is 4.20. The Labute approximate surface area is 77.6 Å². The average Bonchev–Trinajstić information content (AvgIpc) is 2.49. The molecule has 72 valence electrons. The lowest BCUT2D eigenvalue weighted by Gasteiger charge is -2.38. The van der Waals surface area contributed by atoms with Gasteiger partial charge in [-0.2, -0.15) is 0 Å². The average molecular weight is 181 g/mol. The summed E-state index contributed by atoms with van der Waals surface area (Å²) in [6.07, 6.45) is 5.58. The molecule has 0 bridgehead atoms. The van der Waals surface area contributed by atoms with Gasteiger partial charge in [0.25, 0.3) is 0 Å². The Hall–Kier alpha value is -0.900. The predicted octanol–water partition coefficient (Wildman–Crippen LogP) is 0.961. The Bertz CT molecular complexity index is 291. The summed E-state index contributed by atoms with van der Waals surface area (Å²) in [5.74, 6) is 0.674. The lowest BCUT2D eigenvalue weighted by molar-refractivity contribution is 0.127. The zero-order valence-corrected chi connectivity index (χ0v) is 7.90. The van der Waals surface area contributed by atoms with Crippen LogP contribution in [0.2, 0.25) is 0 Å². The molecule has 4 nitrogen and oxygen atoms in total. The Morgan fingerprint density at radius 2 is 2.38 bits per heavy atom. The number of aromatic nitrogens is 3. The molecule has 1 aromatic rings. The van der Waals surface area contributed by atoms with E-state index in [0.29, 0.717) is 11.2 Å². The molecule has 1 aliphatic carbocycles. The topological polar surface area (TPSA) is 50.9 Å². The number of rotatable bonds is 3. The lowest BCUT2D eigenvalue weighted by atomic mass is 9.70. The van der Waals surface area contributed by atoms with Crippen molar-refractivity contribution in [2.24, 2.45) is 5.41 Å². The molecule has 1 aromatic heterocycles. The minimum absolute atomic E-state index is 0.0178. The zero-order valence-electron chi connectivity index (χ0n) is 7.90. The first kappa shape index (κ1) is 8.69. The summed E-state index contributed by atoms with van der Waals surface area (Å²) >= 11 is 0. The van der Waals surface area contributed by atoms with E-state index in [2.05, 4.69) is 17.1 Å². The molecule has 1 saturated carbocycles. The van der Waals surface area contributed by atoms with Gasteiger partial charge < -0.3 is 9.67 Å². The van der Waals surface area contributed by atoms with Crippen LogP contribution in [0.3, 0.4) is 0 Å². The van der Waals surface area contributed by atoms with Crippen LogP contribution in [-0.4, -0.2) is 19.9 Å². The first-order valence-corrected chi connectivity index (χ1v) is 4.71. The van der Waals surface area contributed by atoms with Gasteiger partial charge in [0, 0.05) is 6.54 Å². The fraction of sp³-hybridized carbons (Fsp3) is 0.778. The maximum absolute atomic E-state index is 8.97. The highest BCUT2D eigenvalue weighted by atomic mass is 16.3. The number of hydrogen-bond donors (Lipinski definition) is 1. The number of aliphatic hydroxyl groups excluding tert-OH is 1. The summed E-state index contributed by atoms with van der Waals surface area (Å²) in [6, 6.07) is 0. The molecule has 0 radical (unpaired) electrons. The van der Waals surface area contributed by atoms with E-state index in [9.17, 15) is 0 Å². The summed E-state index contributed by atoms with van der Waals surface area (Å²) in [5.41, 5.74) is 0.409. The quantitative estimate of drug-likeness (QED) is 0.755. The van der Waals surface area contributed by atoms with Crippen LogP contribution in [-0.2, 0) is 13.2 Å². The standard InChI is InChI=1S/C9H15N3O/c1-9(3-2-4-9)6-12-7-10-11-8(12)5-13/h7,13H,2-6H2,1H3. The molecule has 1 N–H and O–H groups in total. The van der Waals surface area contributed by atoms with E-state index < -0.39 is 0 Å². The summed E-state index contributed by atoms with van der Waals surface area (Å²) < 4.78 is 1.96. The van der Waals surface area contributed by atoms with Crippen molar-refractivity contribution in [2.45, 2.75) is 39.3 Å². The van der Waals surface area contributed by atoms with Gasteiger partial charge in [-0.15, -0.1) is 10.2 Å². The van der Waals surface area contributed by atoms with Crippen molar-refractivity contribution < 1.29 is 5.11 Å². The molecule has 0 unspecified atom stereocenters. The van der Waals surface area contributed by atoms with Crippen molar-refractivity contribution >= 4 is 0 Å². The van der Waals surface area contributed by atoms with E-state index in [0.717, 1.165) is 6.54 Å². The fourth-order valence-corrected chi connectivity index (χ4v) is 1.88. The highest BCUT2D eigenvalue weighted by molar-refractivity contribution is 4.89. The van der Waals surface area contributed by atoms with Gasteiger partial charge in [-0.1, -0.05) is 13.3 Å². The fourth-order valence-electron chi connectivity index (χ4n) is 1.88. The molecule has 13 heavy (non-hydrogen) atoms. The Kier molecular flexibility index (Phi) is 2.07. The maximum Gasteiger partial charge on any atom is 0.158 e. The molecule has 2 rings (SSSR count). The molecule has 0 spiro atoms. The van der Waals surface area contributed by atoms with Crippen LogP contribution in [0.4, 0.5) is 0 Å². The second-order valence-electron chi connectivity index (χ2n) is 4.20. The van der Waals surface area contributed by atoms with Crippen molar-refractivity contribution in [2.75, 3.05) is 0 Å². The highest BCUT2D eigenvalue weighted by Gasteiger charge is 2.32. The second kappa shape index (κ2) is 3.10. The minimum atomic E-state index is -0.0178. The zero-order chi connectivity index (χ0) is 9.31. The Morgan fingerprint density at radius 1 is 1.62 bits per heavy atom. The van der Waals surface area contributed by atoms with Gasteiger partial charge in [0.2, 0.25) is 0 Å². The van der Waals surface area contributed by atoms with Crippen molar-refractivity contribution in [1.29, 1.82) is 0 Å². The normalized spacial score (nSPS) is 19.8. The van der Waals surface area contributed by atoms with Crippen LogP contribution in [0.5, 0.6) is 0 Å². The monoisotopic (exact) mass is 181 g/mol. The van der Waals surface area contributed by atoms with Crippen LogP contribution < -0.4 is 0 Å². The van der Waals surface area contributed by atoms with Crippen LogP contribution in [0, 0.1) is 5.41 Å². The summed E-state index contributed by atoms with van der Waals surface area (Å²) in [6.45, 7) is 3.20. The third kappa shape index (κ3) is 1.58. The SMILES string of the molecule is CC1(Cn2cnnc2CO)CCC1. The summed E-state index contributed by atoms with van der Waals surface area (Å²) in [5, 5.41) is 16.6. The first-order valence-electron chi connectivity index (χ1n) is 4.71. The van der Waals surface area contributed by atoms with E-state index in [1.165, 1.54) is 19.3 Å². The Balaban J connectivity index is 2.08. The predicted molar refractivity (Wildman–Crippen MR) is 47.9 cm³/mol. The largest absolute Gasteiger partial charge is 0.388 e. The summed E-state index contributed by atoms with van der Waals surface area (Å²) in [7, 11) is 0. The molecule has 0 amide bonds. The molecule has 0 atom stereocenters. The molecule has 0 aliphatic heterocycles. The van der Waals surface area contributed by atoms with E-state index >= 15 is 0 Å². The molecular formula is C9H15N3O. The molecule has 1 aliphatic rings. The van der Waals surface area contributed by atoms with Crippen molar-refractivity contribution in [3.63, 3.8) is 0 Å². The smallest absolute Gasteiger partial charge is 0.158 e. The van der Waals surface area contributed by atoms with Gasteiger partial charge in [0.05, 0.1) is 0 Å².